The van der Waals surface area contributed by atoms with Crippen molar-refractivity contribution in [1.82, 2.24) is 5.43 Å². The number of nitrogens with one attached hydrogen (secondary N) is 1. The van der Waals surface area contributed by atoms with Crippen molar-refractivity contribution in [2.24, 2.45) is 11.0 Å². The third-order valence-electron chi connectivity index (χ3n) is 3.90. The number of nitrogens with zero attached hydrogens (tertiary/aromatic N) is 2. The van der Waals surface area contributed by atoms with Gasteiger partial charge in [-0.1, -0.05) is 30.1 Å². The molecule has 22 heavy (non-hydrogen) atoms. The van der Waals surface area contributed by atoms with Crippen LogP contribution in [0.2, 0.25) is 10.0 Å². The summed E-state index contributed by atoms with van der Waals surface area (Å²) < 4.78 is 5.36. The molecule has 2 aliphatic rings. The lowest BCUT2D eigenvalue weighted by molar-refractivity contribution is -0.121. The van der Waals surface area contributed by atoms with Crippen molar-refractivity contribution in [3.8, 4) is 0 Å². The molecule has 7 heteroatoms. The number of rotatable bonds is 2. The van der Waals surface area contributed by atoms with E-state index < -0.39 is 0 Å². The number of carbonyl (C=O) groups is 1. The molecule has 0 radical (unpaired) electrons. The zero-order valence-corrected chi connectivity index (χ0v) is 13.7. The van der Waals surface area contributed by atoms with Crippen molar-refractivity contribution in [3.05, 3.63) is 27.7 Å². The van der Waals surface area contributed by atoms with Crippen LogP contribution in [0.25, 0.3) is 0 Å². The fraction of sp³-hybridized carbons (Fsp3) is 0.467. The van der Waals surface area contributed by atoms with Crippen LogP contribution in [0.1, 0.15) is 18.9 Å². The number of hydrazone groups is 1. The second-order valence-corrected chi connectivity index (χ2v) is 6.34. The lowest BCUT2D eigenvalue weighted by Crippen LogP contribution is -2.36. The maximum Gasteiger partial charge on any atom is 0.240 e. The van der Waals surface area contributed by atoms with Crippen molar-refractivity contribution >= 4 is 40.5 Å². The van der Waals surface area contributed by atoms with E-state index >= 15 is 0 Å². The molecule has 0 saturated carbocycles. The summed E-state index contributed by atoms with van der Waals surface area (Å²) in [5.74, 6) is -0.0338. The second-order valence-electron chi connectivity index (χ2n) is 5.53. The number of anilines is 1. The van der Waals surface area contributed by atoms with Crippen molar-refractivity contribution in [2.75, 3.05) is 31.2 Å². The summed E-state index contributed by atoms with van der Waals surface area (Å²) in [6, 6.07) is 3.73. The molecule has 1 saturated heterocycles. The quantitative estimate of drug-likeness (QED) is 0.899. The maximum absolute atomic E-state index is 11.4. The van der Waals surface area contributed by atoms with E-state index in [0.29, 0.717) is 29.7 Å². The Kier molecular flexibility index (Phi) is 4.57. The number of ether oxygens (including phenoxy) is 1. The van der Waals surface area contributed by atoms with Gasteiger partial charge in [-0.25, -0.2) is 5.43 Å². The Morgan fingerprint density at radius 2 is 1.91 bits per heavy atom. The minimum atomic E-state index is -0.0709. The Hall–Kier alpha value is -1.30. The van der Waals surface area contributed by atoms with Gasteiger partial charge in [0.1, 0.15) is 0 Å². The molecule has 0 spiro atoms. The summed E-state index contributed by atoms with van der Waals surface area (Å²) >= 11 is 12.9. The average molecular weight is 342 g/mol. The standard InChI is InChI=1S/C15H17Cl2N3O2/c1-9-6-13(21)18-19-14(9)10-7-11(16)15(12(17)8-10)20-2-4-22-5-3-20/h7-9H,2-6H2,1H3,(H,18,21)/t9-/m1/s1. The van der Waals surface area contributed by atoms with Crippen LogP contribution in [0.3, 0.4) is 0 Å². The number of hydrogen-bond acceptors (Lipinski definition) is 4. The van der Waals surface area contributed by atoms with Crippen molar-refractivity contribution < 1.29 is 9.53 Å². The number of morpholine rings is 1. The van der Waals surface area contributed by atoms with Gasteiger partial charge in [-0.15, -0.1) is 0 Å². The van der Waals surface area contributed by atoms with Gasteiger partial charge in [-0.2, -0.15) is 5.10 Å². The third kappa shape index (κ3) is 3.07. The van der Waals surface area contributed by atoms with Gasteiger partial charge in [0.2, 0.25) is 5.91 Å². The van der Waals surface area contributed by atoms with Gasteiger partial charge < -0.3 is 9.64 Å². The van der Waals surface area contributed by atoms with E-state index in [4.69, 9.17) is 27.9 Å². The van der Waals surface area contributed by atoms with E-state index in [-0.39, 0.29) is 11.8 Å². The summed E-state index contributed by atoms with van der Waals surface area (Å²) in [7, 11) is 0. The summed E-state index contributed by atoms with van der Waals surface area (Å²) in [5.41, 5.74) is 5.00. The number of hydrogen-bond donors (Lipinski definition) is 1. The molecule has 1 amide bonds. The van der Waals surface area contributed by atoms with Crippen molar-refractivity contribution in [3.63, 3.8) is 0 Å². The molecular formula is C15H17Cl2N3O2. The number of halogens is 2. The van der Waals surface area contributed by atoms with Gasteiger partial charge in [-0.3, -0.25) is 4.79 Å². The van der Waals surface area contributed by atoms with Crippen molar-refractivity contribution in [1.29, 1.82) is 0 Å². The van der Waals surface area contributed by atoms with Crippen LogP contribution in [-0.2, 0) is 9.53 Å². The zero-order valence-electron chi connectivity index (χ0n) is 12.2. The first-order chi connectivity index (χ1) is 10.6. The fourth-order valence-corrected chi connectivity index (χ4v) is 3.53. The summed E-state index contributed by atoms with van der Waals surface area (Å²) in [6.45, 7) is 4.85. The highest BCUT2D eigenvalue weighted by molar-refractivity contribution is 6.39. The first-order valence-corrected chi connectivity index (χ1v) is 8.00. The molecule has 2 heterocycles. The Bertz CT molecular complexity index is 604. The van der Waals surface area contributed by atoms with Gasteiger partial charge in [-0.05, 0) is 12.1 Å². The molecule has 118 valence electrons. The predicted octanol–water partition coefficient (Wildman–Crippen LogP) is 2.69. The van der Waals surface area contributed by atoms with E-state index in [0.717, 1.165) is 30.1 Å². The van der Waals surface area contributed by atoms with E-state index in [2.05, 4.69) is 15.4 Å². The molecule has 3 rings (SSSR count). The van der Waals surface area contributed by atoms with E-state index in [1.165, 1.54) is 0 Å². The normalized spacial score (nSPS) is 22.3. The lowest BCUT2D eigenvalue weighted by atomic mass is 9.94. The van der Waals surface area contributed by atoms with Gasteiger partial charge in [0, 0.05) is 31.0 Å². The SMILES string of the molecule is C[C@@H]1CC(=O)NN=C1c1cc(Cl)c(N2CCOCC2)c(Cl)c1. The molecule has 1 atom stereocenters. The Morgan fingerprint density at radius 1 is 1.27 bits per heavy atom. The molecular weight excluding hydrogens is 325 g/mol. The highest BCUT2D eigenvalue weighted by Gasteiger charge is 2.24. The highest BCUT2D eigenvalue weighted by atomic mass is 35.5. The third-order valence-corrected chi connectivity index (χ3v) is 4.48. The van der Waals surface area contributed by atoms with Crippen LogP contribution < -0.4 is 10.3 Å². The minimum absolute atomic E-state index is 0.0371. The summed E-state index contributed by atoms with van der Waals surface area (Å²) in [5, 5.41) is 5.34. The molecule has 0 unspecified atom stereocenters. The largest absolute Gasteiger partial charge is 0.378 e. The van der Waals surface area contributed by atoms with E-state index in [1.54, 1.807) is 0 Å². The molecule has 0 bridgehead atoms. The fourth-order valence-electron chi connectivity index (χ4n) is 2.80. The molecule has 2 aliphatic heterocycles. The van der Waals surface area contributed by atoms with Crippen LogP contribution in [0.5, 0.6) is 0 Å². The Morgan fingerprint density at radius 3 is 2.50 bits per heavy atom. The van der Waals surface area contributed by atoms with Crippen LogP contribution >= 0.6 is 23.2 Å². The summed E-state index contributed by atoms with van der Waals surface area (Å²) in [6.07, 6.45) is 0.416. The van der Waals surface area contributed by atoms with Crippen molar-refractivity contribution in [2.45, 2.75) is 13.3 Å². The van der Waals surface area contributed by atoms with E-state index in [9.17, 15) is 4.79 Å². The smallest absolute Gasteiger partial charge is 0.240 e. The minimum Gasteiger partial charge on any atom is -0.378 e. The first kappa shape index (κ1) is 15.6. The average Bonchev–Trinajstić information content (AvgIpc) is 2.47. The Labute approximate surface area is 139 Å². The van der Waals surface area contributed by atoms with Gasteiger partial charge >= 0.3 is 0 Å². The highest BCUT2D eigenvalue weighted by Crippen LogP contribution is 2.36. The van der Waals surface area contributed by atoms with Gasteiger partial charge in [0.05, 0.1) is 34.7 Å². The van der Waals surface area contributed by atoms with Crippen LogP contribution in [0, 0.1) is 5.92 Å². The molecule has 1 N–H and O–H groups in total. The van der Waals surface area contributed by atoms with Crippen LogP contribution in [0.15, 0.2) is 17.2 Å². The van der Waals surface area contributed by atoms with Crippen LogP contribution in [-0.4, -0.2) is 37.9 Å². The molecule has 0 aromatic heterocycles. The molecule has 0 aliphatic carbocycles. The van der Waals surface area contributed by atoms with E-state index in [1.807, 2.05) is 19.1 Å². The van der Waals surface area contributed by atoms with Gasteiger partial charge in [0.15, 0.2) is 0 Å². The zero-order chi connectivity index (χ0) is 15.7. The Balaban J connectivity index is 1.94. The number of amides is 1. The van der Waals surface area contributed by atoms with Gasteiger partial charge in [0.25, 0.3) is 0 Å². The second kappa shape index (κ2) is 6.44. The topological polar surface area (TPSA) is 53.9 Å². The lowest BCUT2D eigenvalue weighted by Gasteiger charge is -2.31. The number of benzene rings is 1. The molecule has 1 fully saturated rings. The number of carbonyl (C=O) groups excluding carboxylic acids is 1. The maximum atomic E-state index is 11.4. The monoisotopic (exact) mass is 341 g/mol. The molecule has 1 aromatic rings. The molecule has 1 aromatic carbocycles. The summed E-state index contributed by atoms with van der Waals surface area (Å²) in [4.78, 5) is 13.5. The van der Waals surface area contributed by atoms with Crippen LogP contribution in [0.4, 0.5) is 5.69 Å². The first-order valence-electron chi connectivity index (χ1n) is 7.25. The molecule has 5 nitrogen and oxygen atoms in total. The predicted molar refractivity (Wildman–Crippen MR) is 88.0 cm³/mol.